The maximum atomic E-state index is 12.5. The number of aryl methyl sites for hydroxylation is 2. The number of nitrogens with zero attached hydrogens (tertiary/aromatic N) is 2. The SMILES string of the molecule is CCc1nc(-c2ccc(C(=O)N[C@@H](C)CN3CCOCC3)cc2)ccc1C. The molecule has 1 amide bonds. The number of ether oxygens (including phenoxy) is 1. The molecule has 144 valence electrons. The Kier molecular flexibility index (Phi) is 6.58. The second kappa shape index (κ2) is 9.11. The molecule has 1 aromatic carbocycles. The van der Waals surface area contributed by atoms with Crippen molar-refractivity contribution in [2.45, 2.75) is 33.2 Å². The van der Waals surface area contributed by atoms with Crippen molar-refractivity contribution < 1.29 is 9.53 Å². The minimum atomic E-state index is -0.0339. The Bertz CT molecular complexity index is 768. The van der Waals surface area contributed by atoms with Crippen molar-refractivity contribution in [3.05, 3.63) is 53.2 Å². The normalized spacial score (nSPS) is 16.1. The number of carbonyl (C=O) groups excluding carboxylic acids is 1. The third-order valence-electron chi connectivity index (χ3n) is 4.99. The van der Waals surface area contributed by atoms with Crippen LogP contribution in [0.25, 0.3) is 11.3 Å². The Balaban J connectivity index is 1.61. The highest BCUT2D eigenvalue weighted by molar-refractivity contribution is 5.94. The van der Waals surface area contributed by atoms with E-state index in [1.54, 1.807) is 0 Å². The maximum absolute atomic E-state index is 12.5. The Labute approximate surface area is 161 Å². The number of aromatic nitrogens is 1. The van der Waals surface area contributed by atoms with Crippen LogP contribution in [0.3, 0.4) is 0 Å². The third-order valence-corrected chi connectivity index (χ3v) is 4.99. The molecule has 1 aliphatic heterocycles. The van der Waals surface area contributed by atoms with E-state index in [0.29, 0.717) is 5.56 Å². The van der Waals surface area contributed by atoms with Gasteiger partial charge in [0.05, 0.1) is 18.9 Å². The first-order chi connectivity index (χ1) is 13.1. The van der Waals surface area contributed by atoms with Crippen molar-refractivity contribution in [2.24, 2.45) is 0 Å². The minimum Gasteiger partial charge on any atom is -0.379 e. The number of carbonyl (C=O) groups is 1. The van der Waals surface area contributed by atoms with Crippen molar-refractivity contribution in [3.63, 3.8) is 0 Å². The lowest BCUT2D eigenvalue weighted by molar-refractivity contribution is 0.0342. The van der Waals surface area contributed by atoms with Crippen LogP contribution in [0.5, 0.6) is 0 Å². The molecule has 1 saturated heterocycles. The van der Waals surface area contributed by atoms with Crippen LogP contribution >= 0.6 is 0 Å². The first-order valence-electron chi connectivity index (χ1n) is 9.74. The van der Waals surface area contributed by atoms with Gasteiger partial charge in [0.15, 0.2) is 0 Å². The maximum Gasteiger partial charge on any atom is 0.251 e. The zero-order valence-electron chi connectivity index (χ0n) is 16.5. The quantitative estimate of drug-likeness (QED) is 0.853. The van der Waals surface area contributed by atoms with Crippen LogP contribution in [0.15, 0.2) is 36.4 Å². The summed E-state index contributed by atoms with van der Waals surface area (Å²) in [6.45, 7) is 10.5. The zero-order valence-corrected chi connectivity index (χ0v) is 16.5. The lowest BCUT2D eigenvalue weighted by Crippen LogP contribution is -2.46. The second-order valence-corrected chi connectivity index (χ2v) is 7.18. The van der Waals surface area contributed by atoms with E-state index in [1.165, 1.54) is 5.56 Å². The molecule has 2 heterocycles. The predicted molar refractivity (Wildman–Crippen MR) is 108 cm³/mol. The van der Waals surface area contributed by atoms with Crippen LogP contribution in [0.4, 0.5) is 0 Å². The van der Waals surface area contributed by atoms with Gasteiger partial charge < -0.3 is 10.1 Å². The molecule has 0 bridgehead atoms. The third kappa shape index (κ3) is 5.15. The average molecular weight is 367 g/mol. The van der Waals surface area contributed by atoms with Crippen molar-refractivity contribution in [2.75, 3.05) is 32.8 Å². The van der Waals surface area contributed by atoms with Crippen molar-refractivity contribution in [3.8, 4) is 11.3 Å². The van der Waals surface area contributed by atoms with Gasteiger partial charge in [0, 0.05) is 42.5 Å². The fraction of sp³-hybridized carbons (Fsp3) is 0.455. The molecule has 1 aromatic heterocycles. The van der Waals surface area contributed by atoms with Gasteiger partial charge in [0.2, 0.25) is 0 Å². The first-order valence-corrected chi connectivity index (χ1v) is 9.74. The number of amides is 1. The molecular formula is C22H29N3O2. The van der Waals surface area contributed by atoms with Crippen molar-refractivity contribution >= 4 is 5.91 Å². The number of morpholine rings is 1. The van der Waals surface area contributed by atoms with E-state index in [0.717, 1.165) is 56.2 Å². The van der Waals surface area contributed by atoms with Gasteiger partial charge >= 0.3 is 0 Å². The molecule has 2 aromatic rings. The van der Waals surface area contributed by atoms with Gasteiger partial charge in [-0.15, -0.1) is 0 Å². The molecule has 1 N–H and O–H groups in total. The summed E-state index contributed by atoms with van der Waals surface area (Å²) in [6, 6.07) is 11.9. The molecule has 1 aliphatic rings. The summed E-state index contributed by atoms with van der Waals surface area (Å²) < 4.78 is 5.37. The highest BCUT2D eigenvalue weighted by Crippen LogP contribution is 2.20. The number of rotatable bonds is 6. The van der Waals surface area contributed by atoms with Crippen LogP contribution < -0.4 is 5.32 Å². The second-order valence-electron chi connectivity index (χ2n) is 7.18. The standard InChI is InChI=1S/C22H29N3O2/c1-4-20-16(2)5-10-21(24-20)18-6-8-19(9-7-18)22(26)23-17(3)15-25-11-13-27-14-12-25/h5-10,17H,4,11-15H2,1-3H3,(H,23,26)/t17-/m0/s1. The molecule has 5 heteroatoms. The van der Waals surface area contributed by atoms with Crippen LogP contribution in [0.2, 0.25) is 0 Å². The van der Waals surface area contributed by atoms with E-state index >= 15 is 0 Å². The fourth-order valence-corrected chi connectivity index (χ4v) is 3.41. The highest BCUT2D eigenvalue weighted by atomic mass is 16.5. The van der Waals surface area contributed by atoms with Gasteiger partial charge in [0.1, 0.15) is 0 Å². The molecule has 5 nitrogen and oxygen atoms in total. The van der Waals surface area contributed by atoms with Gasteiger partial charge in [-0.1, -0.05) is 25.1 Å². The average Bonchev–Trinajstić information content (AvgIpc) is 2.69. The molecule has 0 spiro atoms. The van der Waals surface area contributed by atoms with Gasteiger partial charge in [0.25, 0.3) is 5.91 Å². The van der Waals surface area contributed by atoms with E-state index in [1.807, 2.05) is 37.3 Å². The van der Waals surface area contributed by atoms with E-state index in [-0.39, 0.29) is 11.9 Å². The van der Waals surface area contributed by atoms with Gasteiger partial charge in [-0.25, -0.2) is 0 Å². The van der Waals surface area contributed by atoms with E-state index in [4.69, 9.17) is 9.72 Å². The lowest BCUT2D eigenvalue weighted by atomic mass is 10.1. The number of benzene rings is 1. The van der Waals surface area contributed by atoms with Gasteiger partial charge in [-0.2, -0.15) is 0 Å². The lowest BCUT2D eigenvalue weighted by Gasteiger charge is -2.29. The molecule has 1 fully saturated rings. The van der Waals surface area contributed by atoms with Gasteiger partial charge in [-0.05, 0) is 44.0 Å². The summed E-state index contributed by atoms with van der Waals surface area (Å²) in [5.74, 6) is -0.0339. The fourth-order valence-electron chi connectivity index (χ4n) is 3.41. The van der Waals surface area contributed by atoms with E-state index < -0.39 is 0 Å². The summed E-state index contributed by atoms with van der Waals surface area (Å²) in [7, 11) is 0. The number of nitrogens with one attached hydrogen (secondary N) is 1. The summed E-state index contributed by atoms with van der Waals surface area (Å²) in [4.78, 5) is 19.6. The summed E-state index contributed by atoms with van der Waals surface area (Å²) in [5.41, 5.74) is 4.99. The Hall–Kier alpha value is -2.24. The minimum absolute atomic E-state index is 0.0339. The topological polar surface area (TPSA) is 54.5 Å². The van der Waals surface area contributed by atoms with Crippen LogP contribution in [-0.2, 0) is 11.2 Å². The predicted octanol–water partition coefficient (Wildman–Crippen LogP) is 3.07. The van der Waals surface area contributed by atoms with Crippen LogP contribution in [0.1, 0.15) is 35.5 Å². The summed E-state index contributed by atoms with van der Waals surface area (Å²) in [5, 5.41) is 3.09. The smallest absolute Gasteiger partial charge is 0.251 e. The number of hydrogen-bond acceptors (Lipinski definition) is 4. The molecule has 27 heavy (non-hydrogen) atoms. The largest absolute Gasteiger partial charge is 0.379 e. The number of hydrogen-bond donors (Lipinski definition) is 1. The molecule has 1 atom stereocenters. The van der Waals surface area contributed by atoms with E-state index in [2.05, 4.69) is 30.1 Å². The van der Waals surface area contributed by atoms with Gasteiger partial charge in [-0.3, -0.25) is 14.7 Å². The molecule has 0 saturated carbocycles. The van der Waals surface area contributed by atoms with Crippen LogP contribution in [-0.4, -0.2) is 54.7 Å². The highest BCUT2D eigenvalue weighted by Gasteiger charge is 2.16. The zero-order chi connectivity index (χ0) is 19.2. The van der Waals surface area contributed by atoms with E-state index in [9.17, 15) is 4.79 Å². The van der Waals surface area contributed by atoms with Crippen LogP contribution in [0, 0.1) is 6.92 Å². The molecule has 0 aliphatic carbocycles. The summed E-state index contributed by atoms with van der Waals surface area (Å²) >= 11 is 0. The first kappa shape index (κ1) is 19.5. The molecule has 3 rings (SSSR count). The summed E-state index contributed by atoms with van der Waals surface area (Å²) in [6.07, 6.45) is 0.918. The Morgan fingerprint density at radius 2 is 1.89 bits per heavy atom. The Morgan fingerprint density at radius 1 is 1.19 bits per heavy atom. The molecular weight excluding hydrogens is 338 g/mol. The Morgan fingerprint density at radius 3 is 2.56 bits per heavy atom. The van der Waals surface area contributed by atoms with Crippen molar-refractivity contribution in [1.82, 2.24) is 15.2 Å². The monoisotopic (exact) mass is 367 g/mol. The molecule has 0 radical (unpaired) electrons. The molecule has 0 unspecified atom stereocenters. The number of pyridine rings is 1. The van der Waals surface area contributed by atoms with Crippen molar-refractivity contribution in [1.29, 1.82) is 0 Å².